The van der Waals surface area contributed by atoms with E-state index in [0.717, 1.165) is 18.4 Å². The van der Waals surface area contributed by atoms with Crippen LogP contribution >= 0.6 is 0 Å². The second-order valence-electron chi connectivity index (χ2n) is 7.04. The molecule has 0 radical (unpaired) electrons. The molecule has 5 heteroatoms. The third-order valence-electron chi connectivity index (χ3n) is 4.49. The zero-order chi connectivity index (χ0) is 20.1. The highest BCUT2D eigenvalue weighted by atomic mass is 17.2. The molecule has 3 rings (SSSR count). The molecule has 0 saturated heterocycles. The van der Waals surface area contributed by atoms with Crippen molar-refractivity contribution in [1.29, 1.82) is 0 Å². The molecule has 146 valence electrons. The Morgan fingerprint density at radius 2 is 1.86 bits per heavy atom. The summed E-state index contributed by atoms with van der Waals surface area (Å²) in [6.07, 6.45) is 5.29. The number of fused-ring (bicyclic) bond motifs is 2. The number of hydrogen-bond donors (Lipinski definition) is 1. The maximum Gasteiger partial charge on any atom is 0.367 e. The van der Waals surface area contributed by atoms with Gasteiger partial charge in [0.15, 0.2) is 0 Å². The summed E-state index contributed by atoms with van der Waals surface area (Å²) in [5.74, 6) is -0.500. The first-order valence-electron chi connectivity index (χ1n) is 9.22. The molecule has 28 heavy (non-hydrogen) atoms. The Balaban J connectivity index is 1.76. The average molecular weight is 380 g/mol. The number of benzene rings is 2. The third-order valence-corrected chi connectivity index (χ3v) is 4.49. The van der Waals surface area contributed by atoms with Crippen molar-refractivity contribution in [2.45, 2.75) is 39.5 Å². The van der Waals surface area contributed by atoms with Crippen LogP contribution < -0.4 is 4.74 Å². The molecule has 1 atom stereocenters. The van der Waals surface area contributed by atoms with E-state index in [1.165, 1.54) is 17.9 Å². The second-order valence-corrected chi connectivity index (χ2v) is 7.04. The van der Waals surface area contributed by atoms with Crippen LogP contribution in [0.5, 0.6) is 17.2 Å². The standard InChI is InChI=1S/C23H24O5/c1-15(2)8-6-9-16(3)14-26-28-23(25)21-17-10-4-5-12-19(17)27-20-13-7-11-18(24)22(20)21/h4-5,7-8,10-14,21,24H,6,9H2,1-3H3/b16-14+. The molecule has 0 bridgehead atoms. The highest BCUT2D eigenvalue weighted by molar-refractivity contribution is 5.86. The molecule has 1 unspecified atom stereocenters. The molecule has 0 amide bonds. The summed E-state index contributed by atoms with van der Waals surface area (Å²) in [6, 6.07) is 12.1. The number of carbonyl (C=O) groups excluding carboxylic acids is 1. The molecule has 0 aliphatic carbocycles. The van der Waals surface area contributed by atoms with Crippen LogP contribution in [0.4, 0.5) is 0 Å². The van der Waals surface area contributed by atoms with Crippen molar-refractivity contribution in [3.8, 4) is 17.2 Å². The average Bonchev–Trinajstić information content (AvgIpc) is 2.66. The van der Waals surface area contributed by atoms with E-state index in [9.17, 15) is 9.90 Å². The van der Waals surface area contributed by atoms with Crippen LogP contribution in [0, 0.1) is 0 Å². The van der Waals surface area contributed by atoms with E-state index in [0.29, 0.717) is 22.6 Å². The van der Waals surface area contributed by atoms with Gasteiger partial charge in [0.25, 0.3) is 0 Å². The fraction of sp³-hybridized carbons (Fsp3) is 0.261. The van der Waals surface area contributed by atoms with Gasteiger partial charge < -0.3 is 9.84 Å². The molecule has 1 aliphatic heterocycles. The third kappa shape index (κ3) is 4.36. The van der Waals surface area contributed by atoms with Crippen molar-refractivity contribution in [1.82, 2.24) is 0 Å². The predicted octanol–water partition coefficient (Wildman–Crippen LogP) is 5.75. The highest BCUT2D eigenvalue weighted by Gasteiger charge is 2.37. The summed E-state index contributed by atoms with van der Waals surface area (Å²) in [6.45, 7) is 6.02. The Kier molecular flexibility index (Phi) is 6.04. The minimum absolute atomic E-state index is 0.0256. The van der Waals surface area contributed by atoms with Crippen LogP contribution in [0.3, 0.4) is 0 Å². The Morgan fingerprint density at radius 1 is 1.11 bits per heavy atom. The number of ether oxygens (including phenoxy) is 1. The van der Waals surface area contributed by atoms with Gasteiger partial charge in [-0.3, -0.25) is 4.89 Å². The lowest BCUT2D eigenvalue weighted by molar-refractivity contribution is -0.239. The Labute approximate surface area is 164 Å². The largest absolute Gasteiger partial charge is 0.507 e. The smallest absolute Gasteiger partial charge is 0.367 e. The topological polar surface area (TPSA) is 65.0 Å². The Morgan fingerprint density at radius 3 is 2.64 bits per heavy atom. The van der Waals surface area contributed by atoms with E-state index in [1.807, 2.05) is 19.1 Å². The lowest BCUT2D eigenvalue weighted by Crippen LogP contribution is -2.21. The first-order valence-corrected chi connectivity index (χ1v) is 9.22. The lowest BCUT2D eigenvalue weighted by atomic mass is 9.87. The molecule has 0 saturated carbocycles. The molecule has 1 aliphatic rings. The summed E-state index contributed by atoms with van der Waals surface area (Å²) >= 11 is 0. The van der Waals surface area contributed by atoms with Crippen LogP contribution in [0.15, 0.2) is 65.9 Å². The van der Waals surface area contributed by atoms with Gasteiger partial charge in [-0.1, -0.05) is 35.9 Å². The molecule has 2 aromatic carbocycles. The van der Waals surface area contributed by atoms with E-state index in [-0.39, 0.29) is 5.75 Å². The maximum atomic E-state index is 12.8. The van der Waals surface area contributed by atoms with Crippen LogP contribution in [0.2, 0.25) is 0 Å². The summed E-state index contributed by atoms with van der Waals surface area (Å²) in [4.78, 5) is 22.9. The molecule has 0 aromatic heterocycles. The summed E-state index contributed by atoms with van der Waals surface area (Å²) < 4.78 is 5.82. The first-order chi connectivity index (χ1) is 13.5. The summed E-state index contributed by atoms with van der Waals surface area (Å²) in [5, 5.41) is 10.3. The quantitative estimate of drug-likeness (QED) is 0.299. The van der Waals surface area contributed by atoms with Gasteiger partial charge in [-0.2, -0.15) is 0 Å². The van der Waals surface area contributed by atoms with E-state index in [1.54, 1.807) is 24.3 Å². The Bertz CT molecular complexity index is 922. The van der Waals surface area contributed by atoms with Gasteiger partial charge in [0.05, 0.1) is 5.56 Å². The zero-order valence-electron chi connectivity index (χ0n) is 16.3. The van der Waals surface area contributed by atoms with Crippen LogP contribution in [0.1, 0.15) is 50.7 Å². The second kappa shape index (κ2) is 8.65. The molecule has 0 spiro atoms. The van der Waals surface area contributed by atoms with Gasteiger partial charge in [0.1, 0.15) is 29.4 Å². The fourth-order valence-electron chi connectivity index (χ4n) is 3.09. The Hall–Kier alpha value is -3.21. The van der Waals surface area contributed by atoms with Crippen molar-refractivity contribution >= 4 is 5.97 Å². The van der Waals surface area contributed by atoms with Crippen LogP contribution in [-0.4, -0.2) is 11.1 Å². The number of rotatable bonds is 6. The number of hydrogen-bond acceptors (Lipinski definition) is 5. The molecule has 0 fully saturated rings. The number of aromatic hydroxyl groups is 1. The van der Waals surface area contributed by atoms with Gasteiger partial charge >= 0.3 is 5.97 Å². The monoisotopic (exact) mass is 380 g/mol. The van der Waals surface area contributed by atoms with Gasteiger partial charge in [-0.25, -0.2) is 9.68 Å². The van der Waals surface area contributed by atoms with Crippen molar-refractivity contribution in [2.24, 2.45) is 0 Å². The molecular weight excluding hydrogens is 356 g/mol. The highest BCUT2D eigenvalue weighted by Crippen LogP contribution is 2.48. The zero-order valence-corrected chi connectivity index (χ0v) is 16.3. The molecule has 1 heterocycles. The number of phenols is 1. The van der Waals surface area contributed by atoms with Crippen molar-refractivity contribution in [3.63, 3.8) is 0 Å². The van der Waals surface area contributed by atoms with E-state index >= 15 is 0 Å². The number of carbonyl (C=O) groups is 1. The number of allylic oxidation sites excluding steroid dienone is 3. The minimum atomic E-state index is -0.833. The van der Waals surface area contributed by atoms with E-state index in [2.05, 4.69) is 19.9 Å². The van der Waals surface area contributed by atoms with Crippen LogP contribution in [0.25, 0.3) is 0 Å². The first kappa shape index (κ1) is 19.5. The predicted molar refractivity (Wildman–Crippen MR) is 106 cm³/mol. The van der Waals surface area contributed by atoms with Crippen molar-refractivity contribution < 1.29 is 24.4 Å². The SMILES string of the molecule is CC(C)=CCC/C(C)=C/OOC(=O)C1c2ccccc2Oc2cccc(O)c21. The summed E-state index contributed by atoms with van der Waals surface area (Å²) in [5.41, 5.74) is 3.21. The van der Waals surface area contributed by atoms with E-state index in [4.69, 9.17) is 14.5 Å². The normalized spacial score (nSPS) is 15.0. The maximum absolute atomic E-state index is 12.8. The molecule has 5 nitrogen and oxygen atoms in total. The number of phenolic OH excluding ortho intramolecular Hbond substituents is 1. The van der Waals surface area contributed by atoms with Crippen LogP contribution in [-0.2, 0) is 14.6 Å². The number of para-hydroxylation sites is 1. The van der Waals surface area contributed by atoms with Crippen molar-refractivity contribution in [3.05, 3.63) is 77.1 Å². The summed E-state index contributed by atoms with van der Waals surface area (Å²) in [7, 11) is 0. The molecule has 2 aromatic rings. The van der Waals surface area contributed by atoms with Gasteiger partial charge in [0.2, 0.25) is 0 Å². The minimum Gasteiger partial charge on any atom is -0.507 e. The van der Waals surface area contributed by atoms with E-state index < -0.39 is 11.9 Å². The van der Waals surface area contributed by atoms with Gasteiger partial charge in [-0.05, 0) is 57.4 Å². The van der Waals surface area contributed by atoms with Gasteiger partial charge in [0, 0.05) is 5.56 Å². The van der Waals surface area contributed by atoms with Gasteiger partial charge in [-0.15, -0.1) is 0 Å². The van der Waals surface area contributed by atoms with Crippen molar-refractivity contribution in [2.75, 3.05) is 0 Å². The fourth-order valence-corrected chi connectivity index (χ4v) is 3.09. The molecule has 1 N–H and O–H groups in total. The molecular formula is C23H24O5. The lowest BCUT2D eigenvalue weighted by Gasteiger charge is -2.26.